The molecule has 0 spiro atoms. The van der Waals surface area contributed by atoms with E-state index in [1.165, 1.54) is 19.1 Å². The van der Waals surface area contributed by atoms with Crippen LogP contribution in [-0.2, 0) is 4.79 Å². The molecule has 0 aliphatic carbocycles. The highest BCUT2D eigenvalue weighted by Crippen LogP contribution is 2.28. The van der Waals surface area contributed by atoms with Crippen LogP contribution in [0.4, 0.5) is 0 Å². The molecule has 0 aliphatic heterocycles. The number of amides is 2. The van der Waals surface area contributed by atoms with Crippen LogP contribution < -0.4 is 15.6 Å². The summed E-state index contributed by atoms with van der Waals surface area (Å²) >= 11 is 17.6. The third-order valence-corrected chi connectivity index (χ3v) is 3.72. The van der Waals surface area contributed by atoms with Crippen molar-refractivity contribution in [2.45, 2.75) is 13.0 Å². The summed E-state index contributed by atoms with van der Waals surface area (Å²) in [6.45, 7) is 1.52. The first-order chi connectivity index (χ1) is 11.4. The Bertz CT molecular complexity index is 768. The molecular formula is C16H13Cl3N2O3. The van der Waals surface area contributed by atoms with E-state index in [0.29, 0.717) is 21.4 Å². The number of halogens is 3. The number of hydrogen-bond donors (Lipinski definition) is 2. The summed E-state index contributed by atoms with van der Waals surface area (Å²) < 4.78 is 5.44. The minimum atomic E-state index is -0.886. The summed E-state index contributed by atoms with van der Waals surface area (Å²) in [4.78, 5) is 23.9. The largest absolute Gasteiger partial charge is 0.479 e. The normalized spacial score (nSPS) is 11.5. The quantitative estimate of drug-likeness (QED) is 0.783. The van der Waals surface area contributed by atoms with Crippen molar-refractivity contribution in [1.82, 2.24) is 10.9 Å². The van der Waals surface area contributed by atoms with E-state index in [9.17, 15) is 9.59 Å². The molecular weight excluding hydrogens is 375 g/mol. The van der Waals surface area contributed by atoms with Gasteiger partial charge in [-0.15, -0.1) is 0 Å². The molecule has 2 N–H and O–H groups in total. The van der Waals surface area contributed by atoms with Crippen LogP contribution in [0.15, 0.2) is 42.5 Å². The summed E-state index contributed by atoms with van der Waals surface area (Å²) in [7, 11) is 0. The molecule has 8 heteroatoms. The second-order valence-electron chi connectivity index (χ2n) is 4.79. The third kappa shape index (κ3) is 5.03. The van der Waals surface area contributed by atoms with Crippen molar-refractivity contribution < 1.29 is 14.3 Å². The van der Waals surface area contributed by atoms with Crippen molar-refractivity contribution >= 4 is 46.6 Å². The fraction of sp³-hybridized carbons (Fsp3) is 0.125. The Hall–Kier alpha value is -1.95. The lowest BCUT2D eigenvalue weighted by molar-refractivity contribution is -0.128. The molecule has 0 fully saturated rings. The minimum Gasteiger partial charge on any atom is -0.479 e. The van der Waals surface area contributed by atoms with Gasteiger partial charge in [-0.1, -0.05) is 40.9 Å². The van der Waals surface area contributed by atoms with Crippen LogP contribution in [0.1, 0.15) is 17.3 Å². The van der Waals surface area contributed by atoms with Crippen molar-refractivity contribution in [3.63, 3.8) is 0 Å². The second-order valence-corrected chi connectivity index (χ2v) is 6.07. The summed E-state index contributed by atoms with van der Waals surface area (Å²) in [5, 5.41) is 1.16. The molecule has 1 atom stereocenters. The van der Waals surface area contributed by atoms with Gasteiger partial charge in [0.15, 0.2) is 6.10 Å². The molecule has 2 rings (SSSR count). The summed E-state index contributed by atoms with van der Waals surface area (Å²) in [5.41, 5.74) is 4.88. The molecule has 24 heavy (non-hydrogen) atoms. The number of carbonyl (C=O) groups is 2. The second kappa shape index (κ2) is 8.24. The lowest BCUT2D eigenvalue weighted by Gasteiger charge is -2.16. The number of hydrazine groups is 1. The standard InChI is InChI=1S/C16H13Cl3N2O3/c1-9(24-14-6-5-12(18)8-13(14)19)15(22)20-21-16(23)10-3-2-4-11(17)7-10/h2-9H,1H3,(H,20,22)(H,21,23). The molecule has 0 saturated carbocycles. The van der Waals surface area contributed by atoms with Crippen molar-refractivity contribution in [1.29, 1.82) is 0 Å². The van der Waals surface area contributed by atoms with Gasteiger partial charge in [0, 0.05) is 15.6 Å². The zero-order valence-electron chi connectivity index (χ0n) is 12.5. The zero-order chi connectivity index (χ0) is 17.7. The number of carbonyl (C=O) groups excluding carboxylic acids is 2. The van der Waals surface area contributed by atoms with Gasteiger partial charge in [-0.25, -0.2) is 0 Å². The van der Waals surface area contributed by atoms with Crippen LogP contribution >= 0.6 is 34.8 Å². The Morgan fingerprint density at radius 2 is 1.71 bits per heavy atom. The van der Waals surface area contributed by atoms with Gasteiger partial charge in [0.1, 0.15) is 5.75 Å². The molecule has 0 aromatic heterocycles. The first-order valence-corrected chi connectivity index (χ1v) is 7.97. The molecule has 0 aliphatic rings. The molecule has 0 bridgehead atoms. The lowest BCUT2D eigenvalue weighted by atomic mass is 10.2. The lowest BCUT2D eigenvalue weighted by Crippen LogP contribution is -2.47. The van der Waals surface area contributed by atoms with E-state index in [1.807, 2.05) is 0 Å². The van der Waals surface area contributed by atoms with Gasteiger partial charge in [-0.3, -0.25) is 20.4 Å². The predicted molar refractivity (Wildman–Crippen MR) is 93.6 cm³/mol. The van der Waals surface area contributed by atoms with Crippen molar-refractivity contribution in [3.05, 3.63) is 63.1 Å². The Morgan fingerprint density at radius 3 is 2.38 bits per heavy atom. The molecule has 5 nitrogen and oxygen atoms in total. The summed E-state index contributed by atoms with van der Waals surface area (Å²) in [6, 6.07) is 11.0. The van der Waals surface area contributed by atoms with Gasteiger partial charge in [0.05, 0.1) is 5.02 Å². The Kier molecular flexibility index (Phi) is 6.31. The predicted octanol–water partition coefficient (Wildman–Crippen LogP) is 3.88. The van der Waals surface area contributed by atoms with E-state index in [1.54, 1.807) is 30.3 Å². The first kappa shape index (κ1) is 18.4. The Labute approximate surface area is 153 Å². The molecule has 0 heterocycles. The van der Waals surface area contributed by atoms with Crippen LogP contribution in [0.5, 0.6) is 5.75 Å². The van der Waals surface area contributed by atoms with Crippen molar-refractivity contribution in [2.24, 2.45) is 0 Å². The van der Waals surface area contributed by atoms with Gasteiger partial charge in [-0.2, -0.15) is 0 Å². The molecule has 2 aromatic carbocycles. The van der Waals surface area contributed by atoms with Gasteiger partial charge in [-0.05, 0) is 43.3 Å². The fourth-order valence-corrected chi connectivity index (χ4v) is 2.38. The molecule has 2 amide bonds. The van der Waals surface area contributed by atoms with Crippen molar-refractivity contribution in [3.8, 4) is 5.75 Å². The highest BCUT2D eigenvalue weighted by Gasteiger charge is 2.17. The van der Waals surface area contributed by atoms with Crippen LogP contribution in [0.25, 0.3) is 0 Å². The van der Waals surface area contributed by atoms with Crippen LogP contribution in [0.3, 0.4) is 0 Å². The maximum atomic E-state index is 12.0. The van der Waals surface area contributed by atoms with Crippen LogP contribution in [0.2, 0.25) is 15.1 Å². The maximum absolute atomic E-state index is 12.0. The molecule has 1 unspecified atom stereocenters. The molecule has 0 radical (unpaired) electrons. The molecule has 2 aromatic rings. The van der Waals surface area contributed by atoms with E-state index >= 15 is 0 Å². The van der Waals surface area contributed by atoms with E-state index < -0.39 is 17.9 Å². The van der Waals surface area contributed by atoms with Gasteiger partial charge in [0.2, 0.25) is 0 Å². The average Bonchev–Trinajstić information content (AvgIpc) is 2.54. The average molecular weight is 388 g/mol. The highest BCUT2D eigenvalue weighted by molar-refractivity contribution is 6.35. The van der Waals surface area contributed by atoms with E-state index in [0.717, 1.165) is 0 Å². The SMILES string of the molecule is CC(Oc1ccc(Cl)cc1Cl)C(=O)NNC(=O)c1cccc(Cl)c1. The number of hydrogen-bond acceptors (Lipinski definition) is 3. The Balaban J connectivity index is 1.90. The number of nitrogens with one attached hydrogen (secondary N) is 2. The number of ether oxygens (including phenoxy) is 1. The van der Waals surface area contributed by atoms with Gasteiger partial charge in [0.25, 0.3) is 11.8 Å². The topological polar surface area (TPSA) is 67.4 Å². The highest BCUT2D eigenvalue weighted by atomic mass is 35.5. The fourth-order valence-electron chi connectivity index (χ4n) is 1.74. The first-order valence-electron chi connectivity index (χ1n) is 6.84. The minimum absolute atomic E-state index is 0.283. The van der Waals surface area contributed by atoms with E-state index in [2.05, 4.69) is 10.9 Å². The third-order valence-electron chi connectivity index (χ3n) is 2.95. The van der Waals surface area contributed by atoms with Crippen LogP contribution in [0, 0.1) is 0 Å². The van der Waals surface area contributed by atoms with E-state index in [4.69, 9.17) is 39.5 Å². The van der Waals surface area contributed by atoms with Crippen LogP contribution in [-0.4, -0.2) is 17.9 Å². The zero-order valence-corrected chi connectivity index (χ0v) is 14.7. The summed E-state index contributed by atoms with van der Waals surface area (Å²) in [5.74, 6) is -0.733. The smallest absolute Gasteiger partial charge is 0.279 e. The molecule has 126 valence electrons. The Morgan fingerprint density at radius 1 is 1.00 bits per heavy atom. The van der Waals surface area contributed by atoms with Gasteiger partial charge < -0.3 is 4.74 Å². The van der Waals surface area contributed by atoms with E-state index in [-0.39, 0.29) is 5.02 Å². The number of benzene rings is 2. The molecule has 0 saturated heterocycles. The van der Waals surface area contributed by atoms with Gasteiger partial charge >= 0.3 is 0 Å². The monoisotopic (exact) mass is 386 g/mol. The summed E-state index contributed by atoms with van der Waals surface area (Å²) in [6.07, 6.45) is -0.886. The maximum Gasteiger partial charge on any atom is 0.279 e. The van der Waals surface area contributed by atoms with Crippen molar-refractivity contribution in [2.75, 3.05) is 0 Å². The number of rotatable bonds is 4.